The highest BCUT2D eigenvalue weighted by Gasteiger charge is 2.65. The molecule has 0 radical (unpaired) electrons. The first-order chi connectivity index (χ1) is 14.1. The normalized spacial score (nSPS) is 28.5. The van der Waals surface area contributed by atoms with Crippen LogP contribution in [-0.4, -0.2) is 79.6 Å². The number of carbonyl (C=O) groups excluding carboxylic acids is 2. The molecule has 2 saturated heterocycles. The topological polar surface area (TPSA) is 90.9 Å². The van der Waals surface area contributed by atoms with Crippen molar-refractivity contribution in [1.82, 2.24) is 19.1 Å². The molecule has 3 aliphatic rings. The Balaban J connectivity index is 1.58. The number of carbonyl (C=O) groups is 2. The van der Waals surface area contributed by atoms with E-state index in [1.165, 1.54) is 6.20 Å². The molecule has 2 atom stereocenters. The van der Waals surface area contributed by atoms with Crippen LogP contribution >= 0.6 is 0 Å². The van der Waals surface area contributed by atoms with Crippen molar-refractivity contribution in [2.45, 2.75) is 37.5 Å². The van der Waals surface area contributed by atoms with Gasteiger partial charge in [0.15, 0.2) is 0 Å². The molecule has 1 spiro atoms. The number of likely N-dealkylation sites (tertiary alicyclic amines) is 1. The minimum atomic E-state index is -3.57. The van der Waals surface area contributed by atoms with Gasteiger partial charge in [0.1, 0.15) is 4.90 Å². The predicted molar refractivity (Wildman–Crippen MR) is 111 cm³/mol. The average Bonchev–Trinajstić information content (AvgIpc) is 3.26. The van der Waals surface area contributed by atoms with Gasteiger partial charge in [-0.15, -0.1) is 0 Å². The Hall–Kier alpha value is -2.00. The quantitative estimate of drug-likeness (QED) is 0.713. The van der Waals surface area contributed by atoms with Crippen molar-refractivity contribution in [3.8, 4) is 0 Å². The van der Waals surface area contributed by atoms with E-state index in [4.69, 9.17) is 0 Å². The number of piperidine rings is 1. The summed E-state index contributed by atoms with van der Waals surface area (Å²) in [7, 11) is -0.0156. The van der Waals surface area contributed by atoms with E-state index >= 15 is 0 Å². The van der Waals surface area contributed by atoms with Crippen LogP contribution in [0.1, 0.15) is 32.6 Å². The summed E-state index contributed by atoms with van der Waals surface area (Å²) < 4.78 is 27.5. The number of hydrogen-bond donors (Lipinski definition) is 0. The Morgan fingerprint density at radius 3 is 2.43 bits per heavy atom. The van der Waals surface area contributed by atoms with Crippen molar-refractivity contribution < 1.29 is 18.0 Å². The fraction of sp³-hybridized carbons (Fsp3) is 0.667. The lowest BCUT2D eigenvalue weighted by Crippen LogP contribution is -2.49. The molecule has 1 aromatic heterocycles. The Morgan fingerprint density at radius 1 is 1.17 bits per heavy atom. The first-order valence-corrected chi connectivity index (χ1v) is 11.9. The van der Waals surface area contributed by atoms with Gasteiger partial charge in [-0.25, -0.2) is 8.42 Å². The van der Waals surface area contributed by atoms with Gasteiger partial charge < -0.3 is 9.80 Å². The molecule has 2 aliphatic heterocycles. The molecule has 0 N–H and O–H groups in total. The second-order valence-electron chi connectivity index (χ2n) is 9.26. The van der Waals surface area contributed by atoms with Crippen LogP contribution in [0, 0.1) is 16.7 Å². The fourth-order valence-corrected chi connectivity index (χ4v) is 7.42. The van der Waals surface area contributed by atoms with Crippen LogP contribution in [0.25, 0.3) is 0 Å². The number of rotatable bonds is 3. The molecule has 8 nitrogen and oxygen atoms in total. The van der Waals surface area contributed by atoms with Gasteiger partial charge in [0.25, 0.3) is 0 Å². The van der Waals surface area contributed by atoms with Crippen molar-refractivity contribution >= 4 is 21.8 Å². The highest BCUT2D eigenvalue weighted by atomic mass is 32.2. The molecule has 4 rings (SSSR count). The van der Waals surface area contributed by atoms with Gasteiger partial charge in [-0.3, -0.25) is 14.6 Å². The van der Waals surface area contributed by atoms with Gasteiger partial charge in [-0.1, -0.05) is 0 Å². The molecule has 2 amide bonds. The molecule has 3 fully saturated rings. The minimum Gasteiger partial charge on any atom is -0.348 e. The van der Waals surface area contributed by atoms with Gasteiger partial charge in [0, 0.05) is 59.6 Å². The lowest BCUT2D eigenvalue weighted by atomic mass is 9.66. The molecule has 164 valence electrons. The van der Waals surface area contributed by atoms with E-state index in [2.05, 4.69) is 4.98 Å². The molecule has 1 saturated carbocycles. The maximum atomic E-state index is 13.2. The van der Waals surface area contributed by atoms with E-state index in [0.717, 1.165) is 12.8 Å². The summed E-state index contributed by atoms with van der Waals surface area (Å²) in [5.41, 5.74) is -0.642. The molecule has 1 aromatic rings. The summed E-state index contributed by atoms with van der Waals surface area (Å²) >= 11 is 0. The zero-order valence-corrected chi connectivity index (χ0v) is 18.7. The van der Waals surface area contributed by atoms with Gasteiger partial charge in [0.05, 0.1) is 5.41 Å². The third-order valence-corrected chi connectivity index (χ3v) is 9.50. The molecule has 9 heteroatoms. The molecule has 30 heavy (non-hydrogen) atoms. The highest BCUT2D eigenvalue weighted by molar-refractivity contribution is 7.89. The predicted octanol–water partition coefficient (Wildman–Crippen LogP) is 1.20. The van der Waals surface area contributed by atoms with Crippen molar-refractivity contribution in [3.05, 3.63) is 24.5 Å². The largest absolute Gasteiger partial charge is 0.348 e. The lowest BCUT2D eigenvalue weighted by Gasteiger charge is -2.44. The van der Waals surface area contributed by atoms with Crippen LogP contribution in [0.5, 0.6) is 0 Å². The number of amides is 2. The van der Waals surface area contributed by atoms with Crippen LogP contribution < -0.4 is 0 Å². The van der Waals surface area contributed by atoms with E-state index in [9.17, 15) is 18.0 Å². The lowest BCUT2D eigenvalue weighted by molar-refractivity contribution is -0.141. The summed E-state index contributed by atoms with van der Waals surface area (Å²) in [4.78, 5) is 33.0. The summed E-state index contributed by atoms with van der Waals surface area (Å²) in [6.07, 6.45) is 6.04. The standard InChI is InChI=1S/C21H30N4O4S/c1-16(26)24-14-18-20(6-7-21(18,15-24)19(27)23(2)3)8-11-25(12-9-20)30(28,29)17-5-4-10-22-13-17/h4-5,10,13,18H,6-9,11-12,14-15H2,1-3H3/t18-,21+/m1/s1. The van der Waals surface area contributed by atoms with Gasteiger partial charge >= 0.3 is 0 Å². The second-order valence-corrected chi connectivity index (χ2v) is 11.2. The molecule has 3 heterocycles. The summed E-state index contributed by atoms with van der Waals surface area (Å²) in [6, 6.07) is 3.20. The molecule has 0 unspecified atom stereocenters. The van der Waals surface area contributed by atoms with E-state index in [-0.39, 0.29) is 28.0 Å². The molecule has 0 aromatic carbocycles. The molecular weight excluding hydrogens is 404 g/mol. The van der Waals surface area contributed by atoms with E-state index in [1.54, 1.807) is 48.6 Å². The first kappa shape index (κ1) is 21.2. The molecule has 1 aliphatic carbocycles. The van der Waals surface area contributed by atoms with Crippen molar-refractivity contribution in [3.63, 3.8) is 0 Å². The van der Waals surface area contributed by atoms with Crippen molar-refractivity contribution in [1.29, 1.82) is 0 Å². The first-order valence-electron chi connectivity index (χ1n) is 10.5. The maximum Gasteiger partial charge on any atom is 0.244 e. The van der Waals surface area contributed by atoms with Crippen LogP contribution in [-0.2, 0) is 19.6 Å². The monoisotopic (exact) mass is 434 g/mol. The van der Waals surface area contributed by atoms with E-state index in [0.29, 0.717) is 39.0 Å². The van der Waals surface area contributed by atoms with Gasteiger partial charge in [-0.05, 0) is 49.1 Å². The van der Waals surface area contributed by atoms with E-state index < -0.39 is 15.4 Å². The Kier molecular flexibility index (Phi) is 5.17. The van der Waals surface area contributed by atoms with Crippen molar-refractivity contribution in [2.75, 3.05) is 40.3 Å². The number of aromatic nitrogens is 1. The van der Waals surface area contributed by atoms with Crippen molar-refractivity contribution in [2.24, 2.45) is 16.7 Å². The smallest absolute Gasteiger partial charge is 0.244 e. The maximum absolute atomic E-state index is 13.2. The average molecular weight is 435 g/mol. The zero-order chi connectivity index (χ0) is 21.7. The van der Waals surface area contributed by atoms with Gasteiger partial charge in [-0.2, -0.15) is 4.31 Å². The number of hydrogen-bond acceptors (Lipinski definition) is 5. The van der Waals surface area contributed by atoms with Gasteiger partial charge in [0.2, 0.25) is 21.8 Å². The second kappa shape index (κ2) is 7.30. The third kappa shape index (κ3) is 3.13. The zero-order valence-electron chi connectivity index (χ0n) is 17.9. The van der Waals surface area contributed by atoms with Crippen LogP contribution in [0.15, 0.2) is 29.4 Å². The fourth-order valence-electron chi connectivity index (χ4n) is 6.02. The Morgan fingerprint density at radius 2 is 1.87 bits per heavy atom. The number of pyridine rings is 1. The summed E-state index contributed by atoms with van der Waals surface area (Å²) in [5.74, 6) is 0.174. The van der Waals surface area contributed by atoms with Crippen LogP contribution in [0.3, 0.4) is 0 Å². The Labute approximate surface area is 178 Å². The molecule has 0 bridgehead atoms. The number of fused-ring (bicyclic) bond motifs is 2. The SMILES string of the molecule is CC(=O)N1C[C@@H]2C3(CCN(S(=O)(=O)c4cccnc4)CC3)CC[C@]2(C(=O)N(C)C)C1. The van der Waals surface area contributed by atoms with Crippen LogP contribution in [0.4, 0.5) is 0 Å². The molecular formula is C21H30N4O4S. The summed E-state index contributed by atoms with van der Waals surface area (Å²) in [6.45, 7) is 3.48. The van der Waals surface area contributed by atoms with Crippen LogP contribution in [0.2, 0.25) is 0 Å². The number of sulfonamides is 1. The number of nitrogens with zero attached hydrogens (tertiary/aromatic N) is 4. The summed E-state index contributed by atoms with van der Waals surface area (Å²) in [5, 5.41) is 0. The minimum absolute atomic E-state index is 0.00192. The van der Waals surface area contributed by atoms with E-state index in [1.807, 2.05) is 4.90 Å². The Bertz CT molecular complexity index is 941. The highest BCUT2D eigenvalue weighted by Crippen LogP contribution is 2.62. The third-order valence-electron chi connectivity index (χ3n) is 7.62.